The first-order valence-corrected chi connectivity index (χ1v) is 8.23. The van der Waals surface area contributed by atoms with Crippen LogP contribution in [0.1, 0.15) is 48.6 Å². The fraction of sp³-hybridized carbons (Fsp3) is 0.667. The number of thiophene rings is 1. The van der Waals surface area contributed by atoms with Gasteiger partial charge in [-0.2, -0.15) is 0 Å². The fourth-order valence-electron chi connectivity index (χ4n) is 3.57. The van der Waals surface area contributed by atoms with Crippen LogP contribution in [0.15, 0.2) is 11.4 Å². The first-order chi connectivity index (χ1) is 9.59. The number of fused-ring (bicyclic) bond motifs is 1. The third-order valence-corrected chi connectivity index (χ3v) is 5.58. The minimum Gasteiger partial charge on any atom is -0.480 e. The lowest BCUT2D eigenvalue weighted by Gasteiger charge is -2.41. The van der Waals surface area contributed by atoms with Crippen molar-refractivity contribution in [2.75, 3.05) is 13.1 Å². The van der Waals surface area contributed by atoms with Gasteiger partial charge in [-0.05, 0) is 36.3 Å². The Labute approximate surface area is 123 Å². The van der Waals surface area contributed by atoms with Crippen molar-refractivity contribution in [3.05, 3.63) is 21.9 Å². The molecule has 3 rings (SSSR count). The lowest BCUT2D eigenvalue weighted by molar-refractivity contribution is -0.146. The Morgan fingerprint density at radius 3 is 2.85 bits per heavy atom. The van der Waals surface area contributed by atoms with Crippen LogP contribution < -0.4 is 0 Å². The second-order valence-electron chi connectivity index (χ2n) is 6.05. The number of aliphatic carboxylic acids is 1. The SMILES string of the molecule is O=C(O)C1c2ccsc2CCN1CC1(O)CCCCC1. The smallest absolute Gasteiger partial charge is 0.325 e. The molecule has 2 N–H and O–H groups in total. The minimum atomic E-state index is -0.802. The summed E-state index contributed by atoms with van der Waals surface area (Å²) < 4.78 is 0. The Morgan fingerprint density at radius 2 is 2.15 bits per heavy atom. The molecule has 5 heteroatoms. The summed E-state index contributed by atoms with van der Waals surface area (Å²) in [5, 5.41) is 22.2. The molecule has 1 unspecified atom stereocenters. The maximum atomic E-state index is 11.7. The number of nitrogens with zero attached hydrogens (tertiary/aromatic N) is 1. The van der Waals surface area contributed by atoms with Crippen molar-refractivity contribution in [2.24, 2.45) is 0 Å². The summed E-state index contributed by atoms with van der Waals surface area (Å²) in [5.74, 6) is -0.802. The van der Waals surface area contributed by atoms with E-state index in [-0.39, 0.29) is 0 Å². The Kier molecular flexibility index (Phi) is 3.84. The third kappa shape index (κ3) is 2.62. The molecule has 20 heavy (non-hydrogen) atoms. The van der Waals surface area contributed by atoms with E-state index in [1.807, 2.05) is 16.3 Å². The van der Waals surface area contributed by atoms with Crippen molar-refractivity contribution in [3.63, 3.8) is 0 Å². The molecule has 0 amide bonds. The molecule has 1 aromatic heterocycles. The van der Waals surface area contributed by atoms with E-state index in [0.717, 1.165) is 44.2 Å². The first-order valence-electron chi connectivity index (χ1n) is 7.35. The monoisotopic (exact) mass is 295 g/mol. The number of carboxylic acids is 1. The van der Waals surface area contributed by atoms with Crippen molar-refractivity contribution < 1.29 is 15.0 Å². The topological polar surface area (TPSA) is 60.8 Å². The Balaban J connectivity index is 1.80. The van der Waals surface area contributed by atoms with Gasteiger partial charge in [0.15, 0.2) is 0 Å². The molecule has 0 radical (unpaired) electrons. The quantitative estimate of drug-likeness (QED) is 0.899. The summed E-state index contributed by atoms with van der Waals surface area (Å²) in [6.07, 6.45) is 5.77. The number of β-amino-alcohol motifs (C(OH)–C–C–N with tert-alkyl or cyclic N) is 1. The van der Waals surface area contributed by atoms with Gasteiger partial charge in [0.2, 0.25) is 0 Å². The molecule has 1 fully saturated rings. The van der Waals surface area contributed by atoms with Crippen LogP contribution in [-0.2, 0) is 11.2 Å². The van der Waals surface area contributed by atoms with Crippen molar-refractivity contribution in [2.45, 2.75) is 50.2 Å². The predicted molar refractivity (Wildman–Crippen MR) is 78.0 cm³/mol. The van der Waals surface area contributed by atoms with Crippen LogP contribution >= 0.6 is 11.3 Å². The van der Waals surface area contributed by atoms with Gasteiger partial charge in [-0.1, -0.05) is 19.3 Å². The maximum Gasteiger partial charge on any atom is 0.325 e. The standard InChI is InChI=1S/C15H21NO3S/c17-14(18)13-11-5-9-20-12(11)4-8-16(13)10-15(19)6-2-1-3-7-15/h5,9,13,19H,1-4,6-8,10H2,(H,17,18). The van der Waals surface area contributed by atoms with E-state index in [9.17, 15) is 15.0 Å². The molecule has 0 aromatic carbocycles. The number of carboxylic acid groups (broad SMARTS) is 1. The van der Waals surface area contributed by atoms with Crippen molar-refractivity contribution in [1.29, 1.82) is 0 Å². The van der Waals surface area contributed by atoms with Crippen LogP contribution in [-0.4, -0.2) is 39.8 Å². The van der Waals surface area contributed by atoms with E-state index >= 15 is 0 Å². The highest BCUT2D eigenvalue weighted by Gasteiger charge is 2.39. The summed E-state index contributed by atoms with van der Waals surface area (Å²) >= 11 is 1.64. The van der Waals surface area contributed by atoms with E-state index in [4.69, 9.17) is 0 Å². The summed E-state index contributed by atoms with van der Waals surface area (Å²) in [6, 6.07) is 1.34. The lowest BCUT2D eigenvalue weighted by atomic mass is 9.83. The van der Waals surface area contributed by atoms with Crippen molar-refractivity contribution in [3.8, 4) is 0 Å². The number of carbonyl (C=O) groups is 1. The van der Waals surface area contributed by atoms with Gasteiger partial charge in [-0.3, -0.25) is 9.69 Å². The predicted octanol–water partition coefficient (Wildman–Crippen LogP) is 2.43. The minimum absolute atomic E-state index is 0.485. The second kappa shape index (κ2) is 5.47. The number of hydrogen-bond acceptors (Lipinski definition) is 4. The molecule has 0 spiro atoms. The third-order valence-electron chi connectivity index (χ3n) is 4.58. The van der Waals surface area contributed by atoms with Gasteiger partial charge in [0.05, 0.1) is 5.60 Å². The molecular formula is C15H21NO3S. The van der Waals surface area contributed by atoms with E-state index < -0.39 is 17.6 Å². The molecule has 4 nitrogen and oxygen atoms in total. The molecule has 1 aromatic rings. The van der Waals surface area contributed by atoms with Crippen LogP contribution in [0.2, 0.25) is 0 Å². The second-order valence-corrected chi connectivity index (χ2v) is 7.05. The normalized spacial score (nSPS) is 26.1. The van der Waals surface area contributed by atoms with E-state index in [2.05, 4.69) is 0 Å². The number of hydrogen-bond donors (Lipinski definition) is 2. The molecule has 0 bridgehead atoms. The van der Waals surface area contributed by atoms with E-state index in [1.54, 1.807) is 11.3 Å². The number of rotatable bonds is 3. The van der Waals surface area contributed by atoms with Gasteiger partial charge in [0, 0.05) is 18.0 Å². The fourth-order valence-corrected chi connectivity index (χ4v) is 4.48. The van der Waals surface area contributed by atoms with Crippen LogP contribution in [0.3, 0.4) is 0 Å². The van der Waals surface area contributed by atoms with Crippen LogP contribution in [0, 0.1) is 0 Å². The highest BCUT2D eigenvalue weighted by atomic mass is 32.1. The van der Waals surface area contributed by atoms with Crippen molar-refractivity contribution in [1.82, 2.24) is 4.90 Å². The molecule has 2 heterocycles. The zero-order valence-corrected chi connectivity index (χ0v) is 12.4. The van der Waals surface area contributed by atoms with E-state index in [1.165, 1.54) is 11.3 Å². The molecular weight excluding hydrogens is 274 g/mol. The molecule has 1 saturated carbocycles. The van der Waals surface area contributed by atoms with Gasteiger partial charge in [-0.15, -0.1) is 11.3 Å². The average molecular weight is 295 g/mol. The lowest BCUT2D eigenvalue weighted by Crippen LogP contribution is -2.49. The average Bonchev–Trinajstić information content (AvgIpc) is 2.86. The molecule has 1 aliphatic carbocycles. The summed E-state index contributed by atoms with van der Waals surface area (Å²) in [5.41, 5.74) is 0.229. The van der Waals surface area contributed by atoms with Gasteiger partial charge in [0.1, 0.15) is 6.04 Å². The molecule has 1 atom stereocenters. The summed E-state index contributed by atoms with van der Waals surface area (Å²) in [7, 11) is 0. The summed E-state index contributed by atoms with van der Waals surface area (Å²) in [4.78, 5) is 14.8. The zero-order valence-electron chi connectivity index (χ0n) is 11.5. The molecule has 2 aliphatic rings. The van der Waals surface area contributed by atoms with Gasteiger partial charge in [-0.25, -0.2) is 0 Å². The van der Waals surface area contributed by atoms with Gasteiger partial charge >= 0.3 is 5.97 Å². The van der Waals surface area contributed by atoms with Crippen molar-refractivity contribution >= 4 is 17.3 Å². The highest BCUT2D eigenvalue weighted by Crippen LogP contribution is 2.36. The highest BCUT2D eigenvalue weighted by molar-refractivity contribution is 7.10. The van der Waals surface area contributed by atoms with Gasteiger partial charge < -0.3 is 10.2 Å². The molecule has 1 aliphatic heterocycles. The Bertz CT molecular complexity index is 493. The van der Waals surface area contributed by atoms with Crippen LogP contribution in [0.25, 0.3) is 0 Å². The molecule has 0 saturated heterocycles. The largest absolute Gasteiger partial charge is 0.480 e. The van der Waals surface area contributed by atoms with Crippen LogP contribution in [0.5, 0.6) is 0 Å². The first kappa shape index (κ1) is 14.0. The van der Waals surface area contributed by atoms with Gasteiger partial charge in [0.25, 0.3) is 0 Å². The van der Waals surface area contributed by atoms with Crippen LogP contribution in [0.4, 0.5) is 0 Å². The Hall–Kier alpha value is -0.910. The Morgan fingerprint density at radius 1 is 1.40 bits per heavy atom. The van der Waals surface area contributed by atoms with E-state index in [0.29, 0.717) is 6.54 Å². The number of aliphatic hydroxyl groups is 1. The summed E-state index contributed by atoms with van der Waals surface area (Å²) in [6.45, 7) is 1.21. The zero-order chi connectivity index (χ0) is 14.2. The maximum absolute atomic E-state index is 11.7. The molecule has 110 valence electrons.